The fourth-order valence-electron chi connectivity index (χ4n) is 4.04. The van der Waals surface area contributed by atoms with E-state index in [1.807, 2.05) is 36.4 Å². The van der Waals surface area contributed by atoms with Gasteiger partial charge >= 0.3 is 0 Å². The van der Waals surface area contributed by atoms with Crippen LogP contribution in [0.3, 0.4) is 0 Å². The normalized spacial score (nSPS) is 11.4. The lowest BCUT2D eigenvalue weighted by atomic mass is 10.0. The Hall–Kier alpha value is -4.46. The Bertz CT molecular complexity index is 1580. The van der Waals surface area contributed by atoms with E-state index >= 15 is 0 Å². The quantitative estimate of drug-likeness (QED) is 0.357. The molecule has 0 saturated carbocycles. The molecule has 8 heteroatoms. The summed E-state index contributed by atoms with van der Waals surface area (Å²) in [4.78, 5) is 7.94. The molecule has 0 aliphatic rings. The van der Waals surface area contributed by atoms with E-state index in [0.717, 1.165) is 55.6 Å². The third-order valence-corrected chi connectivity index (χ3v) is 5.58. The van der Waals surface area contributed by atoms with Crippen molar-refractivity contribution in [3.05, 3.63) is 72.9 Å². The summed E-state index contributed by atoms with van der Waals surface area (Å²) in [5, 5.41) is 16.3. The number of H-pyrrole nitrogens is 3. The monoisotopic (exact) mass is 424 g/mol. The van der Waals surface area contributed by atoms with Crippen molar-refractivity contribution in [2.45, 2.75) is 0 Å². The van der Waals surface area contributed by atoms with E-state index in [1.54, 1.807) is 18.6 Å². The Kier molecular flexibility index (Phi) is 4.04. The third-order valence-electron chi connectivity index (χ3n) is 5.58. The number of rotatable bonds is 4. The maximum absolute atomic E-state index is 14.1. The van der Waals surface area contributed by atoms with Gasteiger partial charge in [-0.3, -0.25) is 15.2 Å². The van der Waals surface area contributed by atoms with E-state index in [0.29, 0.717) is 5.75 Å². The Morgan fingerprint density at radius 2 is 1.88 bits per heavy atom. The molecule has 2 aromatic carbocycles. The molecule has 6 aromatic rings. The van der Waals surface area contributed by atoms with Crippen molar-refractivity contribution in [1.29, 1.82) is 0 Å². The summed E-state index contributed by atoms with van der Waals surface area (Å²) in [6.07, 6.45) is 5.30. The van der Waals surface area contributed by atoms with Gasteiger partial charge in [-0.2, -0.15) is 10.2 Å². The van der Waals surface area contributed by atoms with Crippen LogP contribution in [-0.4, -0.2) is 37.5 Å². The topological polar surface area (TPSA) is 95.3 Å². The lowest BCUT2D eigenvalue weighted by Gasteiger charge is -2.07. The first kappa shape index (κ1) is 18.3. The van der Waals surface area contributed by atoms with Crippen molar-refractivity contribution in [1.82, 2.24) is 30.4 Å². The number of aromatic amines is 3. The molecule has 4 heterocycles. The number of nitrogens with zero attached hydrogens (tertiary/aromatic N) is 3. The zero-order chi connectivity index (χ0) is 21.7. The molecule has 0 bridgehead atoms. The molecule has 0 amide bonds. The molecule has 0 radical (unpaired) electrons. The summed E-state index contributed by atoms with van der Waals surface area (Å²) in [6.45, 7) is 0. The minimum Gasteiger partial charge on any atom is -0.497 e. The molecule has 0 aliphatic heterocycles. The first-order valence-corrected chi connectivity index (χ1v) is 10.00. The number of nitrogens with one attached hydrogen (secondary N) is 3. The predicted molar refractivity (Wildman–Crippen MR) is 121 cm³/mol. The van der Waals surface area contributed by atoms with Gasteiger partial charge in [0.05, 0.1) is 36.4 Å². The average molecular weight is 424 g/mol. The largest absolute Gasteiger partial charge is 0.497 e. The van der Waals surface area contributed by atoms with Crippen molar-refractivity contribution in [3.8, 4) is 39.5 Å². The molecule has 32 heavy (non-hydrogen) atoms. The van der Waals surface area contributed by atoms with Gasteiger partial charge in [-0.25, -0.2) is 4.39 Å². The van der Waals surface area contributed by atoms with Crippen LogP contribution in [0.2, 0.25) is 0 Å². The number of aromatic nitrogens is 6. The maximum Gasteiger partial charge on any atom is 0.127 e. The number of pyridine rings is 1. The van der Waals surface area contributed by atoms with Gasteiger partial charge in [-0.15, -0.1) is 0 Å². The average Bonchev–Trinajstić information content (AvgIpc) is 3.56. The summed E-state index contributed by atoms with van der Waals surface area (Å²) in [6, 6.07) is 14.6. The third kappa shape index (κ3) is 2.92. The summed E-state index contributed by atoms with van der Waals surface area (Å²) >= 11 is 0. The van der Waals surface area contributed by atoms with E-state index in [2.05, 4.69) is 30.4 Å². The SMILES string of the molecule is COc1cc(F)cc(-c2cccc3[nH]c(-c4n[nH]c5cnc(-c6cn[nH]c6)cc45)cc23)c1. The van der Waals surface area contributed by atoms with Crippen molar-refractivity contribution in [3.63, 3.8) is 0 Å². The predicted octanol–water partition coefficient (Wildman–Crippen LogP) is 5.31. The van der Waals surface area contributed by atoms with Crippen LogP contribution < -0.4 is 4.74 Å². The Morgan fingerprint density at radius 1 is 0.938 bits per heavy atom. The molecular weight excluding hydrogens is 407 g/mol. The number of methoxy groups -OCH3 is 1. The first-order chi connectivity index (χ1) is 15.7. The second-order valence-electron chi connectivity index (χ2n) is 7.50. The smallest absolute Gasteiger partial charge is 0.127 e. The number of halogens is 1. The van der Waals surface area contributed by atoms with Crippen LogP contribution in [0.1, 0.15) is 0 Å². The van der Waals surface area contributed by atoms with Crippen molar-refractivity contribution in [2.24, 2.45) is 0 Å². The van der Waals surface area contributed by atoms with Crippen molar-refractivity contribution < 1.29 is 9.13 Å². The van der Waals surface area contributed by atoms with Crippen LogP contribution in [0, 0.1) is 5.82 Å². The fourth-order valence-corrected chi connectivity index (χ4v) is 4.04. The molecule has 7 nitrogen and oxygen atoms in total. The second-order valence-corrected chi connectivity index (χ2v) is 7.50. The van der Waals surface area contributed by atoms with Crippen molar-refractivity contribution in [2.75, 3.05) is 7.11 Å². The van der Waals surface area contributed by atoms with E-state index in [-0.39, 0.29) is 5.82 Å². The zero-order valence-electron chi connectivity index (χ0n) is 17.0. The van der Waals surface area contributed by atoms with Crippen LogP contribution >= 0.6 is 0 Å². The zero-order valence-corrected chi connectivity index (χ0v) is 17.0. The van der Waals surface area contributed by atoms with Crippen LogP contribution in [0.4, 0.5) is 4.39 Å². The number of ether oxygens (including phenoxy) is 1. The van der Waals surface area contributed by atoms with Gasteiger partial charge in [-0.05, 0) is 41.5 Å². The highest BCUT2D eigenvalue weighted by molar-refractivity contribution is 6.01. The highest BCUT2D eigenvalue weighted by atomic mass is 19.1. The van der Waals surface area contributed by atoms with E-state index in [1.165, 1.54) is 19.2 Å². The van der Waals surface area contributed by atoms with Crippen LogP contribution in [0.5, 0.6) is 5.75 Å². The molecule has 156 valence electrons. The minimum atomic E-state index is -0.343. The maximum atomic E-state index is 14.1. The highest BCUT2D eigenvalue weighted by Crippen LogP contribution is 2.36. The molecule has 4 aromatic heterocycles. The van der Waals surface area contributed by atoms with Gasteiger partial charge in [0, 0.05) is 34.1 Å². The van der Waals surface area contributed by atoms with Crippen LogP contribution in [0.15, 0.2) is 67.1 Å². The summed E-state index contributed by atoms with van der Waals surface area (Å²) in [5.74, 6) is 0.134. The standard InChI is InChI=1S/C24H17FN6O/c1-32-16-6-13(5-15(25)7-16)17-3-2-4-20-18(17)8-22(29-20)24-19-9-21(14-10-27-28-11-14)26-12-23(19)30-31-24/h2-12,29H,1H3,(H,27,28)(H,30,31). The van der Waals surface area contributed by atoms with Gasteiger partial charge in [0.25, 0.3) is 0 Å². The number of hydrogen-bond acceptors (Lipinski definition) is 4. The molecule has 0 atom stereocenters. The fraction of sp³-hybridized carbons (Fsp3) is 0.0417. The summed E-state index contributed by atoms with van der Waals surface area (Å²) in [5.41, 5.74) is 6.76. The Labute approximate surface area is 181 Å². The van der Waals surface area contributed by atoms with Gasteiger partial charge in [0.1, 0.15) is 17.3 Å². The summed E-state index contributed by atoms with van der Waals surface area (Å²) in [7, 11) is 1.53. The molecule has 0 saturated heterocycles. The molecular formula is C24H17FN6O. The Balaban J connectivity index is 1.51. The lowest BCUT2D eigenvalue weighted by molar-refractivity contribution is 0.411. The van der Waals surface area contributed by atoms with Crippen LogP contribution in [-0.2, 0) is 0 Å². The minimum absolute atomic E-state index is 0.343. The number of hydrogen-bond donors (Lipinski definition) is 3. The van der Waals surface area contributed by atoms with E-state index in [4.69, 9.17) is 4.74 Å². The van der Waals surface area contributed by atoms with Crippen LogP contribution in [0.25, 0.3) is 55.6 Å². The van der Waals surface area contributed by atoms with E-state index < -0.39 is 0 Å². The molecule has 0 unspecified atom stereocenters. The molecule has 6 rings (SSSR count). The van der Waals surface area contributed by atoms with Gasteiger partial charge in [-0.1, -0.05) is 12.1 Å². The van der Waals surface area contributed by atoms with Gasteiger partial charge in [0.15, 0.2) is 0 Å². The molecule has 0 fully saturated rings. The summed E-state index contributed by atoms with van der Waals surface area (Å²) < 4.78 is 19.4. The first-order valence-electron chi connectivity index (χ1n) is 10.00. The molecule has 0 aliphatic carbocycles. The van der Waals surface area contributed by atoms with Gasteiger partial charge in [0.2, 0.25) is 0 Å². The van der Waals surface area contributed by atoms with Crippen molar-refractivity contribution >= 4 is 21.8 Å². The second kappa shape index (κ2) is 7.05. The number of benzene rings is 2. The highest BCUT2D eigenvalue weighted by Gasteiger charge is 2.15. The molecule has 3 N–H and O–H groups in total. The van der Waals surface area contributed by atoms with E-state index in [9.17, 15) is 4.39 Å². The van der Waals surface area contributed by atoms with Gasteiger partial charge < -0.3 is 9.72 Å². The number of fused-ring (bicyclic) bond motifs is 2. The lowest BCUT2D eigenvalue weighted by Crippen LogP contribution is -1.87. The molecule has 0 spiro atoms. The Morgan fingerprint density at radius 3 is 2.72 bits per heavy atom.